The minimum atomic E-state index is -0.399. The van der Waals surface area contributed by atoms with Crippen molar-refractivity contribution in [3.05, 3.63) is 35.6 Å². The lowest BCUT2D eigenvalue weighted by atomic mass is 10.1. The van der Waals surface area contributed by atoms with E-state index < -0.39 is 5.82 Å². The Balaban J connectivity index is 2.23. The standard InChI is InChI=1S/C14H13FN4/c1-14(6-7-14)19-13(17)10(8-16)12(18-19)9-4-2-3-5-11(9)15/h2-5H,6-7,17H2,1H3. The first-order valence-corrected chi connectivity index (χ1v) is 6.11. The number of nitrogens with two attached hydrogens (primary N) is 1. The van der Waals surface area contributed by atoms with E-state index in [-0.39, 0.29) is 11.1 Å². The molecule has 0 saturated heterocycles. The molecular formula is C14H13FN4. The van der Waals surface area contributed by atoms with E-state index in [1.165, 1.54) is 6.07 Å². The summed E-state index contributed by atoms with van der Waals surface area (Å²) in [6, 6.07) is 8.32. The van der Waals surface area contributed by atoms with Crippen molar-refractivity contribution < 1.29 is 4.39 Å². The number of aromatic nitrogens is 2. The topological polar surface area (TPSA) is 67.6 Å². The van der Waals surface area contributed by atoms with Crippen LogP contribution in [-0.2, 0) is 5.54 Å². The van der Waals surface area contributed by atoms with Gasteiger partial charge >= 0.3 is 0 Å². The quantitative estimate of drug-likeness (QED) is 0.898. The van der Waals surface area contributed by atoms with Crippen LogP contribution in [-0.4, -0.2) is 9.78 Å². The molecule has 0 atom stereocenters. The van der Waals surface area contributed by atoms with Gasteiger partial charge in [-0.3, -0.25) is 0 Å². The van der Waals surface area contributed by atoms with Crippen LogP contribution in [0.3, 0.4) is 0 Å². The molecule has 0 amide bonds. The molecule has 2 N–H and O–H groups in total. The third-order valence-electron chi connectivity index (χ3n) is 3.65. The molecule has 3 rings (SSSR count). The van der Waals surface area contributed by atoms with E-state index in [9.17, 15) is 9.65 Å². The Kier molecular flexibility index (Phi) is 2.36. The molecule has 19 heavy (non-hydrogen) atoms. The number of hydrogen-bond acceptors (Lipinski definition) is 3. The van der Waals surface area contributed by atoms with Gasteiger partial charge in [0.25, 0.3) is 0 Å². The molecule has 96 valence electrons. The van der Waals surface area contributed by atoms with Gasteiger partial charge in [0.2, 0.25) is 0 Å². The first-order chi connectivity index (χ1) is 9.07. The zero-order chi connectivity index (χ0) is 13.6. The van der Waals surface area contributed by atoms with Crippen LogP contribution < -0.4 is 5.73 Å². The summed E-state index contributed by atoms with van der Waals surface area (Å²) in [5.74, 6) is -0.0784. The van der Waals surface area contributed by atoms with Crippen molar-refractivity contribution in [3.63, 3.8) is 0 Å². The number of nitriles is 1. The zero-order valence-electron chi connectivity index (χ0n) is 10.5. The Morgan fingerprint density at radius 2 is 2.11 bits per heavy atom. The molecule has 1 aromatic carbocycles. The van der Waals surface area contributed by atoms with Crippen molar-refractivity contribution in [1.29, 1.82) is 5.26 Å². The fourth-order valence-corrected chi connectivity index (χ4v) is 2.19. The molecule has 1 aliphatic carbocycles. The van der Waals surface area contributed by atoms with Crippen LogP contribution in [0.25, 0.3) is 11.3 Å². The molecule has 5 heteroatoms. The molecule has 1 aliphatic rings. The number of halogens is 1. The molecule has 0 bridgehead atoms. The fraction of sp³-hybridized carbons (Fsp3) is 0.286. The number of nitrogens with zero attached hydrogens (tertiary/aromatic N) is 3. The van der Waals surface area contributed by atoms with E-state index in [1.54, 1.807) is 22.9 Å². The van der Waals surface area contributed by atoms with Crippen molar-refractivity contribution >= 4 is 5.82 Å². The number of hydrogen-bond donors (Lipinski definition) is 1. The third-order valence-corrected chi connectivity index (χ3v) is 3.65. The van der Waals surface area contributed by atoms with Gasteiger partial charge in [-0.1, -0.05) is 12.1 Å². The number of anilines is 1. The van der Waals surface area contributed by atoms with Crippen LogP contribution >= 0.6 is 0 Å². The number of rotatable bonds is 2. The molecular weight excluding hydrogens is 243 g/mol. The highest BCUT2D eigenvalue weighted by atomic mass is 19.1. The molecule has 0 unspecified atom stereocenters. The Morgan fingerprint density at radius 1 is 1.42 bits per heavy atom. The zero-order valence-corrected chi connectivity index (χ0v) is 10.5. The van der Waals surface area contributed by atoms with Crippen molar-refractivity contribution in [2.45, 2.75) is 25.3 Å². The minimum Gasteiger partial charge on any atom is -0.383 e. The first-order valence-electron chi connectivity index (χ1n) is 6.11. The van der Waals surface area contributed by atoms with Crippen molar-refractivity contribution in [2.75, 3.05) is 5.73 Å². The van der Waals surface area contributed by atoms with E-state index in [2.05, 4.69) is 5.10 Å². The van der Waals surface area contributed by atoms with Crippen molar-refractivity contribution in [2.24, 2.45) is 0 Å². The van der Waals surface area contributed by atoms with Crippen LogP contribution in [0.2, 0.25) is 0 Å². The second-order valence-electron chi connectivity index (χ2n) is 5.11. The van der Waals surface area contributed by atoms with E-state index in [1.807, 2.05) is 13.0 Å². The third kappa shape index (κ3) is 1.68. The van der Waals surface area contributed by atoms with Gasteiger partial charge in [0, 0.05) is 5.56 Å². The number of nitrogen functional groups attached to an aromatic ring is 1. The molecule has 0 aliphatic heterocycles. The van der Waals surface area contributed by atoms with Crippen LogP contribution in [0.1, 0.15) is 25.3 Å². The molecule has 0 spiro atoms. The Hall–Kier alpha value is -2.35. The molecule has 2 aromatic rings. The highest BCUT2D eigenvalue weighted by Gasteiger charge is 2.42. The first kappa shape index (κ1) is 11.7. The van der Waals surface area contributed by atoms with E-state index in [4.69, 9.17) is 5.73 Å². The summed E-state index contributed by atoms with van der Waals surface area (Å²) in [5.41, 5.74) is 6.75. The second kappa shape index (κ2) is 3.82. The monoisotopic (exact) mass is 256 g/mol. The van der Waals surface area contributed by atoms with E-state index >= 15 is 0 Å². The molecule has 1 heterocycles. The Labute approximate surface area is 110 Å². The Morgan fingerprint density at radius 3 is 2.68 bits per heavy atom. The molecule has 1 saturated carbocycles. The van der Waals surface area contributed by atoms with Crippen LogP contribution in [0.4, 0.5) is 10.2 Å². The van der Waals surface area contributed by atoms with Gasteiger partial charge in [-0.25, -0.2) is 9.07 Å². The maximum Gasteiger partial charge on any atom is 0.141 e. The van der Waals surface area contributed by atoms with Gasteiger partial charge in [-0.2, -0.15) is 10.4 Å². The van der Waals surface area contributed by atoms with Crippen LogP contribution in [0, 0.1) is 17.1 Å². The predicted molar refractivity (Wildman–Crippen MR) is 69.6 cm³/mol. The predicted octanol–water partition coefficient (Wildman–Crippen LogP) is 2.65. The summed E-state index contributed by atoms with van der Waals surface area (Å²) in [5, 5.41) is 13.6. The van der Waals surface area contributed by atoms with Crippen LogP contribution in [0.5, 0.6) is 0 Å². The van der Waals surface area contributed by atoms with Crippen molar-refractivity contribution in [3.8, 4) is 17.3 Å². The van der Waals surface area contributed by atoms with Gasteiger partial charge in [0.15, 0.2) is 0 Å². The fourth-order valence-electron chi connectivity index (χ4n) is 2.19. The molecule has 1 fully saturated rings. The van der Waals surface area contributed by atoms with Crippen LogP contribution in [0.15, 0.2) is 24.3 Å². The smallest absolute Gasteiger partial charge is 0.141 e. The average Bonchev–Trinajstić information content (AvgIpc) is 3.04. The lowest BCUT2D eigenvalue weighted by Gasteiger charge is -2.10. The lowest BCUT2D eigenvalue weighted by Crippen LogP contribution is -2.16. The SMILES string of the molecule is CC1(n2nc(-c3ccccc3F)c(C#N)c2N)CC1. The normalized spacial score (nSPS) is 16.1. The van der Waals surface area contributed by atoms with Gasteiger partial charge in [-0.15, -0.1) is 0 Å². The lowest BCUT2D eigenvalue weighted by molar-refractivity contribution is 0.481. The highest BCUT2D eigenvalue weighted by molar-refractivity contribution is 5.73. The van der Waals surface area contributed by atoms with Gasteiger partial charge in [-0.05, 0) is 31.9 Å². The molecule has 1 aromatic heterocycles. The summed E-state index contributed by atoms with van der Waals surface area (Å²) < 4.78 is 15.5. The maximum atomic E-state index is 13.8. The van der Waals surface area contributed by atoms with Crippen molar-refractivity contribution in [1.82, 2.24) is 9.78 Å². The summed E-state index contributed by atoms with van der Waals surface area (Å²) in [7, 11) is 0. The largest absolute Gasteiger partial charge is 0.383 e. The number of benzene rings is 1. The highest BCUT2D eigenvalue weighted by Crippen LogP contribution is 2.45. The summed E-state index contributed by atoms with van der Waals surface area (Å²) in [6.45, 7) is 2.03. The molecule has 4 nitrogen and oxygen atoms in total. The summed E-state index contributed by atoms with van der Waals surface area (Å²) in [6.07, 6.45) is 1.95. The maximum absolute atomic E-state index is 13.8. The summed E-state index contributed by atoms with van der Waals surface area (Å²) >= 11 is 0. The van der Waals surface area contributed by atoms with E-state index in [0.717, 1.165) is 12.8 Å². The average molecular weight is 256 g/mol. The summed E-state index contributed by atoms with van der Waals surface area (Å²) in [4.78, 5) is 0. The Bertz CT molecular complexity index is 692. The van der Waals surface area contributed by atoms with Gasteiger partial charge in [0.05, 0.1) is 5.54 Å². The van der Waals surface area contributed by atoms with Gasteiger partial charge < -0.3 is 5.73 Å². The molecule has 0 radical (unpaired) electrons. The van der Waals surface area contributed by atoms with Gasteiger partial charge in [0.1, 0.15) is 29.0 Å². The van der Waals surface area contributed by atoms with E-state index in [0.29, 0.717) is 17.1 Å². The minimum absolute atomic E-state index is 0.126. The second-order valence-corrected chi connectivity index (χ2v) is 5.11.